The number of rotatable bonds is 10. The van der Waals surface area contributed by atoms with Gasteiger partial charge in [-0.05, 0) is 42.5 Å². The van der Waals surface area contributed by atoms with Crippen molar-refractivity contribution in [2.45, 2.75) is 32.3 Å². The minimum absolute atomic E-state index is 0.00508. The Bertz CT molecular complexity index is 769. The quantitative estimate of drug-likeness (QED) is 0.620. The van der Waals surface area contributed by atoms with Crippen LogP contribution >= 0.6 is 0 Å². The number of benzene rings is 2. The van der Waals surface area contributed by atoms with Crippen molar-refractivity contribution in [3.05, 3.63) is 60.2 Å². The van der Waals surface area contributed by atoms with Crippen molar-refractivity contribution in [2.24, 2.45) is 11.8 Å². The highest BCUT2D eigenvalue weighted by Gasteiger charge is 2.28. The van der Waals surface area contributed by atoms with E-state index < -0.39 is 6.10 Å². The molecular formula is C22H25NO4. The van der Waals surface area contributed by atoms with Crippen LogP contribution in [0.3, 0.4) is 0 Å². The Morgan fingerprint density at radius 3 is 2.48 bits per heavy atom. The lowest BCUT2D eigenvalue weighted by Gasteiger charge is -2.27. The molecule has 0 saturated carbocycles. The summed E-state index contributed by atoms with van der Waals surface area (Å²) in [4.78, 5) is 12.5. The predicted octanol–water partition coefficient (Wildman–Crippen LogP) is 3.96. The van der Waals surface area contributed by atoms with Crippen LogP contribution in [-0.2, 0) is 0 Å². The van der Waals surface area contributed by atoms with E-state index in [4.69, 9.17) is 10.00 Å². The highest BCUT2D eigenvalue weighted by molar-refractivity contribution is 5.98. The molecule has 3 atom stereocenters. The molecule has 0 spiro atoms. The number of Topliss-reactive ketones (excluding diaryl/α,β-unsaturated/α-hetero) is 1. The van der Waals surface area contributed by atoms with Crippen LogP contribution in [0.1, 0.15) is 36.5 Å². The van der Waals surface area contributed by atoms with Crippen molar-refractivity contribution < 1.29 is 19.7 Å². The number of ether oxygens (including phenoxy) is 1. The van der Waals surface area contributed by atoms with Crippen LogP contribution in [0.25, 0.3) is 0 Å². The zero-order chi connectivity index (χ0) is 19.6. The van der Waals surface area contributed by atoms with Crippen LogP contribution in [0.15, 0.2) is 54.6 Å². The molecule has 0 radical (unpaired) electrons. The van der Waals surface area contributed by atoms with Gasteiger partial charge < -0.3 is 14.9 Å². The number of aromatic hydroxyl groups is 1. The summed E-state index contributed by atoms with van der Waals surface area (Å²) in [6.07, 6.45) is -0.129. The summed E-state index contributed by atoms with van der Waals surface area (Å²) in [5.74, 6) is 0.0851. The number of ketones is 1. The summed E-state index contributed by atoms with van der Waals surface area (Å²) in [5.41, 5.74) is 0.276. The minimum atomic E-state index is -0.832. The molecular weight excluding hydrogens is 342 g/mol. The second kappa shape index (κ2) is 10.3. The molecule has 0 bridgehead atoms. The SMILES string of the molecule is CC(CC(=O)c1ccccc1O)C(CCOc1ccccc1)C(O)CC#N. The second-order valence-corrected chi connectivity index (χ2v) is 6.67. The maximum absolute atomic E-state index is 12.5. The summed E-state index contributed by atoms with van der Waals surface area (Å²) in [6, 6.07) is 17.8. The van der Waals surface area contributed by atoms with E-state index in [1.54, 1.807) is 18.2 Å². The number of carbonyl (C=O) groups excluding carboxylic acids is 1. The van der Waals surface area contributed by atoms with Gasteiger partial charge in [0.2, 0.25) is 0 Å². The topological polar surface area (TPSA) is 90.6 Å². The van der Waals surface area contributed by atoms with Gasteiger partial charge in [0.15, 0.2) is 5.78 Å². The fourth-order valence-corrected chi connectivity index (χ4v) is 3.19. The van der Waals surface area contributed by atoms with Gasteiger partial charge in [0, 0.05) is 6.42 Å². The summed E-state index contributed by atoms with van der Waals surface area (Å²) >= 11 is 0. The third kappa shape index (κ3) is 6.12. The summed E-state index contributed by atoms with van der Waals surface area (Å²) in [6.45, 7) is 2.26. The summed E-state index contributed by atoms with van der Waals surface area (Å²) in [5, 5.41) is 29.2. The standard InChI is InChI=1S/C22H25NO4/c1-16(15-22(26)19-9-5-6-10-20(19)24)18(21(25)11-13-23)12-14-27-17-7-3-2-4-8-17/h2-10,16,18,21,24-25H,11-12,14-15H2,1H3. The summed E-state index contributed by atoms with van der Waals surface area (Å²) in [7, 11) is 0. The molecule has 0 aliphatic heterocycles. The van der Waals surface area contributed by atoms with E-state index in [2.05, 4.69) is 0 Å². The van der Waals surface area contributed by atoms with Crippen molar-refractivity contribution in [3.8, 4) is 17.6 Å². The second-order valence-electron chi connectivity index (χ2n) is 6.67. The smallest absolute Gasteiger partial charge is 0.166 e. The van der Waals surface area contributed by atoms with E-state index >= 15 is 0 Å². The molecule has 2 N–H and O–H groups in total. The molecule has 0 amide bonds. The molecule has 0 fully saturated rings. The number of nitrogens with zero attached hydrogens (tertiary/aromatic N) is 1. The number of aliphatic hydroxyl groups is 1. The van der Waals surface area contributed by atoms with Crippen molar-refractivity contribution >= 4 is 5.78 Å². The van der Waals surface area contributed by atoms with E-state index in [1.807, 2.05) is 43.3 Å². The van der Waals surface area contributed by atoms with Crippen LogP contribution in [0.2, 0.25) is 0 Å². The number of hydrogen-bond acceptors (Lipinski definition) is 5. The Kier molecular flexibility index (Phi) is 7.84. The van der Waals surface area contributed by atoms with E-state index in [-0.39, 0.29) is 41.8 Å². The highest BCUT2D eigenvalue weighted by Crippen LogP contribution is 2.28. The van der Waals surface area contributed by atoms with Gasteiger partial charge in [0.1, 0.15) is 11.5 Å². The maximum Gasteiger partial charge on any atom is 0.166 e. The molecule has 0 heterocycles. The maximum atomic E-state index is 12.5. The number of aliphatic hydroxyl groups excluding tert-OH is 1. The molecule has 3 unspecified atom stereocenters. The van der Waals surface area contributed by atoms with Gasteiger partial charge >= 0.3 is 0 Å². The van der Waals surface area contributed by atoms with Gasteiger partial charge in [0.05, 0.1) is 30.8 Å². The third-order valence-electron chi connectivity index (χ3n) is 4.70. The zero-order valence-corrected chi connectivity index (χ0v) is 15.4. The Labute approximate surface area is 159 Å². The van der Waals surface area contributed by atoms with Crippen molar-refractivity contribution in [1.82, 2.24) is 0 Å². The number of carbonyl (C=O) groups is 1. The third-order valence-corrected chi connectivity index (χ3v) is 4.70. The van der Waals surface area contributed by atoms with Crippen molar-refractivity contribution in [1.29, 1.82) is 5.26 Å². The fourth-order valence-electron chi connectivity index (χ4n) is 3.19. The molecule has 5 heteroatoms. The average molecular weight is 367 g/mol. The first-order chi connectivity index (χ1) is 13.0. The first-order valence-corrected chi connectivity index (χ1v) is 9.07. The Morgan fingerprint density at radius 2 is 1.81 bits per heavy atom. The van der Waals surface area contributed by atoms with Crippen LogP contribution in [0.4, 0.5) is 0 Å². The first kappa shape index (κ1) is 20.5. The Balaban J connectivity index is 2.00. The molecule has 2 aromatic rings. The van der Waals surface area contributed by atoms with Gasteiger partial charge in [-0.25, -0.2) is 0 Å². The monoisotopic (exact) mass is 367 g/mol. The number of nitriles is 1. The minimum Gasteiger partial charge on any atom is -0.507 e. The molecule has 0 aromatic heterocycles. The molecule has 27 heavy (non-hydrogen) atoms. The lowest BCUT2D eigenvalue weighted by molar-refractivity contribution is 0.0590. The lowest BCUT2D eigenvalue weighted by Crippen LogP contribution is -2.29. The van der Waals surface area contributed by atoms with Crippen LogP contribution in [0, 0.1) is 23.2 Å². The fraction of sp³-hybridized carbons (Fsp3) is 0.364. The number of phenolic OH excluding ortho intramolecular Hbond substituents is 1. The summed E-state index contributed by atoms with van der Waals surface area (Å²) < 4.78 is 5.70. The number of phenols is 1. The lowest BCUT2D eigenvalue weighted by atomic mass is 9.81. The molecule has 2 aromatic carbocycles. The van der Waals surface area contributed by atoms with Gasteiger partial charge in [-0.3, -0.25) is 4.79 Å². The van der Waals surface area contributed by atoms with E-state index in [9.17, 15) is 15.0 Å². The molecule has 0 aliphatic carbocycles. The number of hydrogen-bond donors (Lipinski definition) is 2. The normalized spacial score (nSPS) is 14.0. The van der Waals surface area contributed by atoms with Gasteiger partial charge in [-0.1, -0.05) is 37.3 Å². The predicted molar refractivity (Wildman–Crippen MR) is 102 cm³/mol. The average Bonchev–Trinajstić information content (AvgIpc) is 2.66. The van der Waals surface area contributed by atoms with Gasteiger partial charge in [-0.2, -0.15) is 5.26 Å². The van der Waals surface area contributed by atoms with Crippen molar-refractivity contribution in [3.63, 3.8) is 0 Å². The van der Waals surface area contributed by atoms with Crippen LogP contribution in [-0.4, -0.2) is 28.7 Å². The molecule has 5 nitrogen and oxygen atoms in total. The van der Waals surface area contributed by atoms with Crippen molar-refractivity contribution in [2.75, 3.05) is 6.61 Å². The Hall–Kier alpha value is -2.84. The molecule has 0 aliphatic rings. The highest BCUT2D eigenvalue weighted by atomic mass is 16.5. The van der Waals surface area contributed by atoms with Crippen LogP contribution in [0.5, 0.6) is 11.5 Å². The first-order valence-electron chi connectivity index (χ1n) is 9.07. The molecule has 2 rings (SSSR count). The Morgan fingerprint density at radius 1 is 1.15 bits per heavy atom. The van der Waals surface area contributed by atoms with E-state index in [0.717, 1.165) is 5.75 Å². The van der Waals surface area contributed by atoms with Gasteiger partial charge in [0.25, 0.3) is 0 Å². The van der Waals surface area contributed by atoms with E-state index in [1.165, 1.54) is 6.07 Å². The number of para-hydroxylation sites is 2. The van der Waals surface area contributed by atoms with Crippen LogP contribution < -0.4 is 4.74 Å². The molecule has 142 valence electrons. The molecule has 0 saturated heterocycles. The van der Waals surface area contributed by atoms with Gasteiger partial charge in [-0.15, -0.1) is 0 Å². The zero-order valence-electron chi connectivity index (χ0n) is 15.4. The van der Waals surface area contributed by atoms with E-state index in [0.29, 0.717) is 13.0 Å². The largest absolute Gasteiger partial charge is 0.507 e.